The summed E-state index contributed by atoms with van der Waals surface area (Å²) in [5, 5.41) is 0. The predicted molar refractivity (Wildman–Crippen MR) is 62.6 cm³/mol. The molecule has 0 spiro atoms. The predicted octanol–water partition coefficient (Wildman–Crippen LogP) is 2.75. The highest BCUT2D eigenvalue weighted by Crippen LogP contribution is 2.23. The lowest BCUT2D eigenvalue weighted by molar-refractivity contribution is -0.146. The van der Waals surface area contributed by atoms with Gasteiger partial charge in [-0.25, -0.2) is 0 Å². The van der Waals surface area contributed by atoms with E-state index < -0.39 is 0 Å². The zero-order valence-corrected chi connectivity index (χ0v) is 10.2. The fourth-order valence-corrected chi connectivity index (χ4v) is 1.54. The summed E-state index contributed by atoms with van der Waals surface area (Å²) in [5.74, 6) is 0.763. The Morgan fingerprint density at radius 1 is 1.19 bits per heavy atom. The lowest BCUT2D eigenvalue weighted by Crippen LogP contribution is -2.19. The van der Waals surface area contributed by atoms with Crippen LogP contribution in [0.1, 0.15) is 32.3 Å². The molecule has 3 heteroatoms. The lowest BCUT2D eigenvalue weighted by atomic mass is 9.96. The van der Waals surface area contributed by atoms with E-state index in [0.29, 0.717) is 0 Å². The SMILES string of the molecule is COc1ccc([C@H](C)[C@@H](C)OC(C)=O)cc1. The van der Waals surface area contributed by atoms with Crippen LogP contribution in [-0.2, 0) is 9.53 Å². The maximum atomic E-state index is 10.8. The monoisotopic (exact) mass is 222 g/mol. The molecule has 0 N–H and O–H groups in total. The second-order valence-electron chi connectivity index (χ2n) is 3.88. The van der Waals surface area contributed by atoms with E-state index in [-0.39, 0.29) is 18.0 Å². The number of carbonyl (C=O) groups is 1. The summed E-state index contributed by atoms with van der Waals surface area (Å²) in [4.78, 5) is 10.8. The lowest BCUT2D eigenvalue weighted by Gasteiger charge is -2.20. The molecule has 0 heterocycles. The first-order chi connectivity index (χ1) is 7.54. The molecule has 0 aromatic heterocycles. The van der Waals surface area contributed by atoms with Crippen molar-refractivity contribution in [3.8, 4) is 5.75 Å². The molecule has 0 saturated carbocycles. The number of benzene rings is 1. The summed E-state index contributed by atoms with van der Waals surface area (Å²) in [6, 6.07) is 7.80. The van der Waals surface area contributed by atoms with Crippen LogP contribution in [-0.4, -0.2) is 19.2 Å². The summed E-state index contributed by atoms with van der Waals surface area (Å²) < 4.78 is 10.2. The van der Waals surface area contributed by atoms with Gasteiger partial charge in [0.25, 0.3) is 0 Å². The maximum Gasteiger partial charge on any atom is 0.302 e. The van der Waals surface area contributed by atoms with Gasteiger partial charge < -0.3 is 9.47 Å². The molecule has 0 amide bonds. The fourth-order valence-electron chi connectivity index (χ4n) is 1.54. The molecule has 1 aromatic carbocycles. The van der Waals surface area contributed by atoms with Crippen LogP contribution in [0.3, 0.4) is 0 Å². The first-order valence-corrected chi connectivity index (χ1v) is 5.35. The van der Waals surface area contributed by atoms with E-state index >= 15 is 0 Å². The van der Waals surface area contributed by atoms with Gasteiger partial charge in [0, 0.05) is 12.8 Å². The van der Waals surface area contributed by atoms with E-state index in [1.807, 2.05) is 38.1 Å². The van der Waals surface area contributed by atoms with Crippen molar-refractivity contribution < 1.29 is 14.3 Å². The smallest absolute Gasteiger partial charge is 0.302 e. The normalized spacial score (nSPS) is 14.0. The van der Waals surface area contributed by atoms with Gasteiger partial charge in [0.05, 0.1) is 7.11 Å². The Bertz CT molecular complexity index is 343. The van der Waals surface area contributed by atoms with Crippen molar-refractivity contribution in [2.24, 2.45) is 0 Å². The first-order valence-electron chi connectivity index (χ1n) is 5.35. The number of ether oxygens (including phenoxy) is 2. The summed E-state index contributed by atoms with van der Waals surface area (Å²) in [7, 11) is 1.64. The molecule has 3 nitrogen and oxygen atoms in total. The molecule has 0 aliphatic heterocycles. The molecule has 1 rings (SSSR count). The Morgan fingerprint density at radius 2 is 1.75 bits per heavy atom. The van der Waals surface area contributed by atoms with Crippen LogP contribution in [0, 0.1) is 0 Å². The molecule has 0 aliphatic rings. The van der Waals surface area contributed by atoms with Gasteiger partial charge in [0.1, 0.15) is 11.9 Å². The summed E-state index contributed by atoms with van der Waals surface area (Å²) >= 11 is 0. The second-order valence-corrected chi connectivity index (χ2v) is 3.88. The molecule has 0 radical (unpaired) electrons. The zero-order chi connectivity index (χ0) is 12.1. The van der Waals surface area contributed by atoms with Crippen LogP contribution in [0.25, 0.3) is 0 Å². The summed E-state index contributed by atoms with van der Waals surface area (Å²) in [6.45, 7) is 5.36. The average molecular weight is 222 g/mol. The molecular formula is C13H18O3. The Hall–Kier alpha value is -1.51. The van der Waals surface area contributed by atoms with Crippen LogP contribution in [0.2, 0.25) is 0 Å². The largest absolute Gasteiger partial charge is 0.497 e. The van der Waals surface area contributed by atoms with Gasteiger partial charge in [0.2, 0.25) is 0 Å². The minimum atomic E-state index is -0.243. The number of carbonyl (C=O) groups excluding carboxylic acids is 1. The molecule has 1 aromatic rings. The Kier molecular flexibility index (Phi) is 4.35. The summed E-state index contributed by atoms with van der Waals surface area (Å²) in [6.07, 6.45) is -0.120. The van der Waals surface area contributed by atoms with E-state index in [0.717, 1.165) is 11.3 Å². The number of methoxy groups -OCH3 is 1. The second kappa shape index (κ2) is 5.54. The molecular weight excluding hydrogens is 204 g/mol. The van der Waals surface area contributed by atoms with E-state index in [9.17, 15) is 4.79 Å². The minimum absolute atomic E-state index is 0.120. The van der Waals surface area contributed by atoms with Crippen LogP contribution < -0.4 is 4.74 Å². The van der Waals surface area contributed by atoms with Gasteiger partial charge in [-0.1, -0.05) is 19.1 Å². The first kappa shape index (κ1) is 12.6. The van der Waals surface area contributed by atoms with Gasteiger partial charge in [-0.05, 0) is 24.6 Å². The Balaban J connectivity index is 2.71. The third kappa shape index (κ3) is 3.26. The molecule has 16 heavy (non-hydrogen) atoms. The van der Waals surface area contributed by atoms with Gasteiger partial charge in [-0.3, -0.25) is 4.79 Å². The molecule has 0 fully saturated rings. The molecule has 0 bridgehead atoms. The fraction of sp³-hybridized carbons (Fsp3) is 0.462. The molecule has 0 saturated heterocycles. The van der Waals surface area contributed by atoms with Crippen molar-refractivity contribution in [2.75, 3.05) is 7.11 Å². The topological polar surface area (TPSA) is 35.5 Å². The Morgan fingerprint density at radius 3 is 2.19 bits per heavy atom. The number of hydrogen-bond donors (Lipinski definition) is 0. The van der Waals surface area contributed by atoms with Gasteiger partial charge in [0.15, 0.2) is 0 Å². The van der Waals surface area contributed by atoms with Gasteiger partial charge in [-0.15, -0.1) is 0 Å². The zero-order valence-electron chi connectivity index (χ0n) is 10.2. The number of rotatable bonds is 4. The third-order valence-corrected chi connectivity index (χ3v) is 2.70. The van der Waals surface area contributed by atoms with Crippen molar-refractivity contribution in [1.82, 2.24) is 0 Å². The summed E-state index contributed by atoms with van der Waals surface area (Å²) in [5.41, 5.74) is 1.13. The van der Waals surface area contributed by atoms with Crippen LogP contribution >= 0.6 is 0 Å². The molecule has 0 unspecified atom stereocenters. The van der Waals surface area contributed by atoms with Crippen LogP contribution in [0.15, 0.2) is 24.3 Å². The van der Waals surface area contributed by atoms with Crippen molar-refractivity contribution in [1.29, 1.82) is 0 Å². The van der Waals surface area contributed by atoms with Gasteiger partial charge >= 0.3 is 5.97 Å². The maximum absolute atomic E-state index is 10.8. The Labute approximate surface area is 96.4 Å². The van der Waals surface area contributed by atoms with Gasteiger partial charge in [-0.2, -0.15) is 0 Å². The number of hydrogen-bond acceptors (Lipinski definition) is 3. The highest BCUT2D eigenvalue weighted by Gasteiger charge is 2.16. The highest BCUT2D eigenvalue weighted by atomic mass is 16.5. The van der Waals surface area contributed by atoms with Crippen LogP contribution in [0.4, 0.5) is 0 Å². The van der Waals surface area contributed by atoms with Crippen molar-refractivity contribution in [3.05, 3.63) is 29.8 Å². The van der Waals surface area contributed by atoms with Crippen LogP contribution in [0.5, 0.6) is 5.75 Å². The molecule has 2 atom stereocenters. The standard InChI is InChI=1S/C13H18O3/c1-9(10(2)16-11(3)14)12-5-7-13(15-4)8-6-12/h5-10H,1-4H3/t9-,10-/m1/s1. The number of esters is 1. The molecule has 88 valence electrons. The van der Waals surface area contributed by atoms with E-state index in [2.05, 4.69) is 0 Å². The average Bonchev–Trinajstić information content (AvgIpc) is 2.27. The molecule has 0 aliphatic carbocycles. The van der Waals surface area contributed by atoms with E-state index in [1.54, 1.807) is 7.11 Å². The van der Waals surface area contributed by atoms with Crippen molar-refractivity contribution >= 4 is 5.97 Å². The quantitative estimate of drug-likeness (QED) is 0.735. The highest BCUT2D eigenvalue weighted by molar-refractivity contribution is 5.66. The van der Waals surface area contributed by atoms with Crippen molar-refractivity contribution in [3.63, 3.8) is 0 Å². The minimum Gasteiger partial charge on any atom is -0.497 e. The van der Waals surface area contributed by atoms with E-state index in [1.165, 1.54) is 6.92 Å². The van der Waals surface area contributed by atoms with Crippen molar-refractivity contribution in [2.45, 2.75) is 32.8 Å². The third-order valence-electron chi connectivity index (χ3n) is 2.70. The van der Waals surface area contributed by atoms with E-state index in [4.69, 9.17) is 9.47 Å².